The van der Waals surface area contributed by atoms with Gasteiger partial charge in [0.25, 0.3) is 0 Å². The predicted octanol–water partition coefficient (Wildman–Crippen LogP) is 0.818. The van der Waals surface area contributed by atoms with Crippen LogP contribution < -0.4 is 24.0 Å². The second-order valence-electron chi connectivity index (χ2n) is 5.15. The van der Waals surface area contributed by atoms with Crippen LogP contribution in [0.5, 0.6) is 0 Å². The molecule has 1 heterocycles. The second kappa shape index (κ2) is 5.41. The van der Waals surface area contributed by atoms with Gasteiger partial charge in [-0.15, -0.1) is 5.73 Å². The van der Waals surface area contributed by atoms with Crippen molar-refractivity contribution < 1.29 is 28.6 Å². The van der Waals surface area contributed by atoms with E-state index in [9.17, 15) is 0 Å². The molecule has 0 bridgehead atoms. The lowest BCUT2D eigenvalue weighted by Crippen LogP contribution is -3.00. The number of halogens is 1. The van der Waals surface area contributed by atoms with Gasteiger partial charge in [-0.25, -0.2) is 4.58 Å². The molecule has 0 spiro atoms. The van der Waals surface area contributed by atoms with E-state index in [1.807, 2.05) is 0 Å². The molecule has 1 aromatic rings. The Kier molecular flexibility index (Phi) is 4.57. The molecule has 2 heteroatoms. The van der Waals surface area contributed by atoms with Gasteiger partial charge < -0.3 is 24.0 Å². The maximum absolute atomic E-state index is 3.36. The molecule has 0 aromatic heterocycles. The second-order valence-corrected chi connectivity index (χ2v) is 5.15. The number of hydrogen-bond donors (Lipinski definition) is 0. The highest BCUT2D eigenvalue weighted by Gasteiger charge is 2.43. The van der Waals surface area contributed by atoms with Crippen LogP contribution in [0.1, 0.15) is 33.3 Å². The van der Waals surface area contributed by atoms with Gasteiger partial charge in [0.2, 0.25) is 5.69 Å². The molecule has 1 atom stereocenters. The van der Waals surface area contributed by atoms with Crippen molar-refractivity contribution in [1.82, 2.24) is 0 Å². The molecule has 0 amide bonds. The highest BCUT2D eigenvalue weighted by atomic mass is 127. The van der Waals surface area contributed by atoms with E-state index in [4.69, 9.17) is 0 Å². The molecule has 18 heavy (non-hydrogen) atoms. The molecule has 1 aromatic carbocycles. The first-order valence-corrected chi connectivity index (χ1v) is 6.05. The lowest BCUT2D eigenvalue weighted by Gasteiger charge is -2.15. The summed E-state index contributed by atoms with van der Waals surface area (Å²) < 4.78 is 2.28. The Morgan fingerprint density at radius 1 is 1.28 bits per heavy atom. The van der Waals surface area contributed by atoms with Gasteiger partial charge in [0.05, 0.1) is 0 Å². The van der Waals surface area contributed by atoms with Crippen LogP contribution in [0, 0.1) is 0 Å². The minimum absolute atomic E-state index is 0. The van der Waals surface area contributed by atoms with Crippen molar-refractivity contribution in [2.75, 3.05) is 7.05 Å². The fourth-order valence-corrected chi connectivity index (χ4v) is 2.40. The quantitative estimate of drug-likeness (QED) is 0.400. The smallest absolute Gasteiger partial charge is 0.209 e. The molecule has 2 rings (SSSR count). The van der Waals surface area contributed by atoms with Crippen LogP contribution >= 0.6 is 0 Å². The van der Waals surface area contributed by atoms with Crippen molar-refractivity contribution in [3.05, 3.63) is 47.2 Å². The van der Waals surface area contributed by atoms with Gasteiger partial charge in [-0.3, -0.25) is 0 Å². The first-order chi connectivity index (χ1) is 7.97. The SMILES string of the molecule is CC(C)=C=CC1(C)C(C)=[N+](C)c2ccccc21.[I-]. The Morgan fingerprint density at radius 3 is 2.50 bits per heavy atom. The molecule has 1 aliphatic heterocycles. The van der Waals surface area contributed by atoms with E-state index >= 15 is 0 Å². The maximum Gasteiger partial charge on any atom is 0.209 e. The fourth-order valence-electron chi connectivity index (χ4n) is 2.40. The van der Waals surface area contributed by atoms with E-state index in [0.717, 1.165) is 0 Å². The molecule has 1 unspecified atom stereocenters. The van der Waals surface area contributed by atoms with Crippen LogP contribution in [-0.2, 0) is 5.41 Å². The summed E-state index contributed by atoms with van der Waals surface area (Å²) in [5, 5.41) is 0. The van der Waals surface area contributed by atoms with Crippen LogP contribution in [0.3, 0.4) is 0 Å². The molecule has 0 N–H and O–H groups in total. The monoisotopic (exact) mass is 353 g/mol. The molecular weight excluding hydrogens is 333 g/mol. The number of allylic oxidation sites excluding steroid dienone is 1. The summed E-state index contributed by atoms with van der Waals surface area (Å²) in [6.07, 6.45) is 2.19. The summed E-state index contributed by atoms with van der Waals surface area (Å²) in [6.45, 7) is 8.63. The number of nitrogens with zero attached hydrogens (tertiary/aromatic N) is 1. The van der Waals surface area contributed by atoms with Gasteiger partial charge in [-0.1, -0.05) is 18.2 Å². The molecule has 1 aliphatic rings. The Morgan fingerprint density at radius 2 is 1.89 bits per heavy atom. The van der Waals surface area contributed by atoms with Gasteiger partial charge in [0.15, 0.2) is 5.71 Å². The normalized spacial score (nSPS) is 20.9. The molecular formula is C16H20IN. The molecule has 0 saturated carbocycles. The fraction of sp³-hybridized carbons (Fsp3) is 0.375. The summed E-state index contributed by atoms with van der Waals surface area (Å²) in [6, 6.07) is 8.60. The van der Waals surface area contributed by atoms with Crippen molar-refractivity contribution in [3.8, 4) is 0 Å². The first kappa shape index (κ1) is 15.2. The van der Waals surface area contributed by atoms with E-state index in [2.05, 4.69) is 75.4 Å². The predicted molar refractivity (Wildman–Crippen MR) is 73.3 cm³/mol. The number of hydrogen-bond acceptors (Lipinski definition) is 0. The molecule has 0 aliphatic carbocycles. The topological polar surface area (TPSA) is 3.01 Å². The first-order valence-electron chi connectivity index (χ1n) is 6.05. The van der Waals surface area contributed by atoms with Crippen LogP contribution in [0.25, 0.3) is 0 Å². The Hall–Kier alpha value is -0.860. The van der Waals surface area contributed by atoms with E-state index < -0.39 is 0 Å². The van der Waals surface area contributed by atoms with Crippen LogP contribution in [0.15, 0.2) is 41.6 Å². The maximum atomic E-state index is 3.36. The highest BCUT2D eigenvalue weighted by Crippen LogP contribution is 2.39. The summed E-state index contributed by atoms with van der Waals surface area (Å²) in [7, 11) is 2.13. The minimum Gasteiger partial charge on any atom is -1.00 e. The lowest BCUT2D eigenvalue weighted by atomic mass is 9.80. The number of fused-ring (bicyclic) bond motifs is 1. The summed E-state index contributed by atoms with van der Waals surface area (Å²) in [5.41, 5.74) is 8.58. The van der Waals surface area contributed by atoms with Crippen molar-refractivity contribution in [1.29, 1.82) is 0 Å². The van der Waals surface area contributed by atoms with Crippen molar-refractivity contribution in [2.45, 2.75) is 33.1 Å². The molecule has 0 fully saturated rings. The standard InChI is InChI=1S/C16H20N.HI/c1-12(2)10-11-16(4)13(3)17(5)15-9-7-6-8-14(15)16;/h6-9,11H,1-5H3;1H/q+1;/p-1. The summed E-state index contributed by atoms with van der Waals surface area (Å²) in [5.74, 6) is 0. The van der Waals surface area contributed by atoms with Crippen LogP contribution in [0.4, 0.5) is 5.69 Å². The molecule has 0 saturated heterocycles. The summed E-state index contributed by atoms with van der Waals surface area (Å²) >= 11 is 0. The van der Waals surface area contributed by atoms with Gasteiger partial charge in [-0.2, -0.15) is 0 Å². The Labute approximate surface area is 127 Å². The highest BCUT2D eigenvalue weighted by molar-refractivity contribution is 5.95. The third kappa shape index (κ3) is 2.32. The van der Waals surface area contributed by atoms with E-state index in [1.165, 1.54) is 22.5 Å². The van der Waals surface area contributed by atoms with Gasteiger partial charge in [-0.05, 0) is 32.4 Å². The number of para-hydroxylation sites is 1. The largest absolute Gasteiger partial charge is 1.00 e. The van der Waals surface area contributed by atoms with E-state index in [0.29, 0.717) is 0 Å². The Bertz CT molecular complexity index is 558. The zero-order valence-corrected chi connectivity index (χ0v) is 13.9. The lowest BCUT2D eigenvalue weighted by molar-refractivity contribution is -0.402. The molecule has 96 valence electrons. The van der Waals surface area contributed by atoms with Crippen LogP contribution in [-0.4, -0.2) is 17.3 Å². The molecule has 1 nitrogen and oxygen atoms in total. The minimum atomic E-state index is -0.0252. The van der Waals surface area contributed by atoms with Gasteiger partial charge >= 0.3 is 0 Å². The summed E-state index contributed by atoms with van der Waals surface area (Å²) in [4.78, 5) is 0. The average Bonchev–Trinajstić information content (AvgIpc) is 2.51. The van der Waals surface area contributed by atoms with Crippen molar-refractivity contribution >= 4 is 11.4 Å². The zero-order valence-electron chi connectivity index (χ0n) is 11.7. The van der Waals surface area contributed by atoms with Crippen molar-refractivity contribution in [2.24, 2.45) is 0 Å². The zero-order chi connectivity index (χ0) is 12.6. The Balaban J connectivity index is 0.00000162. The number of rotatable bonds is 1. The van der Waals surface area contributed by atoms with E-state index in [1.54, 1.807) is 0 Å². The third-order valence-corrected chi connectivity index (χ3v) is 3.73. The third-order valence-electron chi connectivity index (χ3n) is 3.73. The van der Waals surface area contributed by atoms with Gasteiger partial charge in [0.1, 0.15) is 12.5 Å². The van der Waals surface area contributed by atoms with Crippen molar-refractivity contribution in [3.63, 3.8) is 0 Å². The van der Waals surface area contributed by atoms with E-state index in [-0.39, 0.29) is 29.4 Å². The number of benzene rings is 1. The average molecular weight is 353 g/mol. The van der Waals surface area contributed by atoms with Gasteiger partial charge in [0, 0.05) is 18.6 Å². The van der Waals surface area contributed by atoms with Crippen LogP contribution in [0.2, 0.25) is 0 Å². The molecule has 0 radical (unpaired) electrons.